The van der Waals surface area contributed by atoms with Gasteiger partial charge in [-0.15, -0.1) is 0 Å². The standard InChI is InChI=1S/C29H36BrN5O3/c30-25-11-9-24(10-12-25)28(29(37)32-14-18-34-19-21-38-22-20-34)35(23-26-7-2-3-13-31-26)27(36)8-6-17-33-15-4-1-5-16-33/h1-5,7,9-13,15,28H,6,8,14,16-23H2,(H,32,37). The van der Waals surface area contributed by atoms with E-state index in [0.717, 1.165) is 48.5 Å². The van der Waals surface area contributed by atoms with Gasteiger partial charge in [0.2, 0.25) is 11.8 Å². The van der Waals surface area contributed by atoms with Crippen molar-refractivity contribution in [2.24, 2.45) is 0 Å². The van der Waals surface area contributed by atoms with Crippen molar-refractivity contribution in [1.29, 1.82) is 0 Å². The lowest BCUT2D eigenvalue weighted by atomic mass is 10.0. The van der Waals surface area contributed by atoms with Gasteiger partial charge in [-0.05, 0) is 48.5 Å². The zero-order chi connectivity index (χ0) is 26.6. The van der Waals surface area contributed by atoms with Gasteiger partial charge in [0.15, 0.2) is 0 Å². The fourth-order valence-electron chi connectivity index (χ4n) is 4.62. The first-order valence-corrected chi connectivity index (χ1v) is 14.0. The number of benzene rings is 1. The molecule has 1 atom stereocenters. The van der Waals surface area contributed by atoms with E-state index in [4.69, 9.17) is 4.74 Å². The van der Waals surface area contributed by atoms with Crippen LogP contribution in [-0.4, -0.2) is 84.0 Å². The van der Waals surface area contributed by atoms with E-state index in [2.05, 4.69) is 42.1 Å². The highest BCUT2D eigenvalue weighted by Crippen LogP contribution is 2.26. The summed E-state index contributed by atoms with van der Waals surface area (Å²) < 4.78 is 6.34. The molecule has 1 saturated heterocycles. The average molecular weight is 583 g/mol. The average Bonchev–Trinajstić information content (AvgIpc) is 2.95. The third-order valence-corrected chi connectivity index (χ3v) is 7.20. The Morgan fingerprint density at radius 2 is 1.89 bits per heavy atom. The third kappa shape index (κ3) is 8.51. The van der Waals surface area contributed by atoms with Crippen LogP contribution in [0.4, 0.5) is 0 Å². The second-order valence-corrected chi connectivity index (χ2v) is 10.3. The summed E-state index contributed by atoms with van der Waals surface area (Å²) in [6.07, 6.45) is 10.9. The van der Waals surface area contributed by atoms with Crippen LogP contribution in [0.15, 0.2) is 77.6 Å². The van der Waals surface area contributed by atoms with Gasteiger partial charge in [0.25, 0.3) is 0 Å². The van der Waals surface area contributed by atoms with Gasteiger partial charge < -0.3 is 19.9 Å². The molecule has 1 N–H and O–H groups in total. The Hall–Kier alpha value is -3.01. The number of carbonyl (C=O) groups excluding carboxylic acids is 2. The van der Waals surface area contributed by atoms with Crippen LogP contribution in [0.1, 0.15) is 30.1 Å². The molecule has 9 heteroatoms. The van der Waals surface area contributed by atoms with Crippen molar-refractivity contribution in [2.75, 3.05) is 52.5 Å². The Morgan fingerprint density at radius 1 is 1.08 bits per heavy atom. The van der Waals surface area contributed by atoms with E-state index in [1.807, 2.05) is 60.8 Å². The summed E-state index contributed by atoms with van der Waals surface area (Å²) in [5.41, 5.74) is 1.51. The first-order chi connectivity index (χ1) is 18.6. The highest BCUT2D eigenvalue weighted by molar-refractivity contribution is 9.10. The number of nitrogens with one attached hydrogen (secondary N) is 1. The van der Waals surface area contributed by atoms with Crippen LogP contribution in [0.25, 0.3) is 0 Å². The quantitative estimate of drug-likeness (QED) is 0.413. The molecule has 38 heavy (non-hydrogen) atoms. The molecule has 0 radical (unpaired) electrons. The largest absolute Gasteiger partial charge is 0.379 e. The molecule has 202 valence electrons. The Balaban J connectivity index is 1.50. The lowest BCUT2D eigenvalue weighted by molar-refractivity contribution is -0.141. The van der Waals surface area contributed by atoms with Crippen LogP contribution < -0.4 is 5.32 Å². The van der Waals surface area contributed by atoms with Crippen LogP contribution in [0.5, 0.6) is 0 Å². The number of aromatic nitrogens is 1. The monoisotopic (exact) mass is 581 g/mol. The Kier molecular flexibility index (Phi) is 10.9. The molecule has 3 heterocycles. The van der Waals surface area contributed by atoms with Crippen LogP contribution in [0.3, 0.4) is 0 Å². The first kappa shape index (κ1) is 28.0. The molecule has 1 fully saturated rings. The molecule has 4 rings (SSSR count). The second-order valence-electron chi connectivity index (χ2n) is 9.41. The summed E-state index contributed by atoms with van der Waals surface area (Å²) in [6.45, 7) is 6.27. The SMILES string of the molecule is O=C(NCCN1CCOCC1)C(c1ccc(Br)cc1)N(Cc1ccccn1)C(=O)CCCN1C=CC=CC1. The van der Waals surface area contributed by atoms with E-state index in [9.17, 15) is 9.59 Å². The molecule has 1 unspecified atom stereocenters. The Morgan fingerprint density at radius 3 is 2.61 bits per heavy atom. The molecule has 8 nitrogen and oxygen atoms in total. The maximum absolute atomic E-state index is 13.7. The van der Waals surface area contributed by atoms with Gasteiger partial charge in [0.05, 0.1) is 25.5 Å². The molecular formula is C29H36BrN5O3. The maximum atomic E-state index is 13.7. The predicted molar refractivity (Wildman–Crippen MR) is 151 cm³/mol. The van der Waals surface area contributed by atoms with Crippen molar-refractivity contribution in [3.05, 3.63) is 88.8 Å². The number of hydrogen-bond donors (Lipinski definition) is 1. The molecule has 1 aromatic carbocycles. The number of allylic oxidation sites excluding steroid dienone is 2. The number of halogens is 1. The molecule has 1 aromatic heterocycles. The van der Waals surface area contributed by atoms with Gasteiger partial charge in [-0.1, -0.05) is 46.3 Å². The number of carbonyl (C=O) groups is 2. The second kappa shape index (κ2) is 14.8. The van der Waals surface area contributed by atoms with E-state index in [1.165, 1.54) is 0 Å². The van der Waals surface area contributed by atoms with E-state index < -0.39 is 6.04 Å². The minimum absolute atomic E-state index is 0.0663. The summed E-state index contributed by atoms with van der Waals surface area (Å²) in [5, 5.41) is 3.10. The molecule has 2 aromatic rings. The highest BCUT2D eigenvalue weighted by atomic mass is 79.9. The van der Waals surface area contributed by atoms with Crippen molar-refractivity contribution in [3.8, 4) is 0 Å². The number of amides is 2. The van der Waals surface area contributed by atoms with Crippen molar-refractivity contribution in [2.45, 2.75) is 25.4 Å². The van der Waals surface area contributed by atoms with Gasteiger partial charge in [-0.25, -0.2) is 0 Å². The van der Waals surface area contributed by atoms with Crippen molar-refractivity contribution < 1.29 is 14.3 Å². The van der Waals surface area contributed by atoms with Crippen LogP contribution in [0, 0.1) is 0 Å². The minimum Gasteiger partial charge on any atom is -0.379 e. The van der Waals surface area contributed by atoms with E-state index in [0.29, 0.717) is 32.6 Å². The molecule has 0 spiro atoms. The molecule has 2 aliphatic heterocycles. The fourth-order valence-corrected chi connectivity index (χ4v) is 4.88. The van der Waals surface area contributed by atoms with Crippen molar-refractivity contribution in [3.63, 3.8) is 0 Å². The fraction of sp³-hybridized carbons (Fsp3) is 0.414. The van der Waals surface area contributed by atoms with E-state index >= 15 is 0 Å². The number of pyridine rings is 1. The van der Waals surface area contributed by atoms with Gasteiger partial charge in [-0.2, -0.15) is 0 Å². The van der Waals surface area contributed by atoms with Gasteiger partial charge >= 0.3 is 0 Å². The molecule has 0 aliphatic carbocycles. The van der Waals surface area contributed by atoms with Crippen molar-refractivity contribution in [1.82, 2.24) is 25.0 Å². The summed E-state index contributed by atoms with van der Waals surface area (Å²) in [5.74, 6) is -0.252. The molecule has 2 aliphatic rings. The van der Waals surface area contributed by atoms with E-state index in [-0.39, 0.29) is 18.4 Å². The summed E-state index contributed by atoms with van der Waals surface area (Å²) >= 11 is 3.49. The van der Waals surface area contributed by atoms with Crippen LogP contribution in [-0.2, 0) is 20.9 Å². The topological polar surface area (TPSA) is 78.0 Å². The van der Waals surface area contributed by atoms with Crippen LogP contribution in [0.2, 0.25) is 0 Å². The normalized spacial score (nSPS) is 16.3. The first-order valence-electron chi connectivity index (χ1n) is 13.2. The zero-order valence-corrected chi connectivity index (χ0v) is 23.3. The molecule has 0 bridgehead atoms. The number of nitrogens with zero attached hydrogens (tertiary/aromatic N) is 4. The van der Waals surface area contributed by atoms with Gasteiger partial charge in [0.1, 0.15) is 6.04 Å². The Bertz CT molecular complexity index is 1090. The van der Waals surface area contributed by atoms with Crippen LogP contribution >= 0.6 is 15.9 Å². The number of hydrogen-bond acceptors (Lipinski definition) is 6. The van der Waals surface area contributed by atoms with E-state index in [1.54, 1.807) is 11.1 Å². The molecule has 2 amide bonds. The smallest absolute Gasteiger partial charge is 0.247 e. The lowest BCUT2D eigenvalue weighted by Gasteiger charge is -2.32. The third-order valence-electron chi connectivity index (χ3n) is 6.68. The predicted octanol–water partition coefficient (Wildman–Crippen LogP) is 3.53. The minimum atomic E-state index is -0.764. The summed E-state index contributed by atoms with van der Waals surface area (Å²) in [7, 11) is 0. The maximum Gasteiger partial charge on any atom is 0.247 e. The summed E-state index contributed by atoms with van der Waals surface area (Å²) in [4.78, 5) is 38.0. The van der Waals surface area contributed by atoms with Gasteiger partial charge in [-0.3, -0.25) is 19.5 Å². The molecular weight excluding hydrogens is 546 g/mol. The highest BCUT2D eigenvalue weighted by Gasteiger charge is 2.31. The number of ether oxygens (including phenoxy) is 1. The molecule has 0 saturated carbocycles. The van der Waals surface area contributed by atoms with Crippen molar-refractivity contribution >= 4 is 27.7 Å². The number of morpholine rings is 1. The number of rotatable bonds is 12. The zero-order valence-electron chi connectivity index (χ0n) is 21.7. The van der Waals surface area contributed by atoms with Gasteiger partial charge in [0, 0.05) is 56.4 Å². The lowest BCUT2D eigenvalue weighted by Crippen LogP contribution is -2.46. The summed E-state index contributed by atoms with van der Waals surface area (Å²) in [6, 6.07) is 12.5. The Labute approximate surface area is 233 Å².